The van der Waals surface area contributed by atoms with Crippen LogP contribution in [0.3, 0.4) is 0 Å². The van der Waals surface area contributed by atoms with Crippen LogP contribution < -0.4 is 19.1 Å². The summed E-state index contributed by atoms with van der Waals surface area (Å²) in [5.41, 5.74) is 2.79. The Labute approximate surface area is 292 Å². The van der Waals surface area contributed by atoms with Crippen LogP contribution in [0.5, 0.6) is 17.2 Å². The van der Waals surface area contributed by atoms with Crippen LogP contribution in [0.4, 0.5) is 5.13 Å². The molecule has 0 spiro atoms. The number of ketones is 1. The second-order valence-electron chi connectivity index (χ2n) is 11.5. The number of rotatable bonds is 13. The first-order chi connectivity index (χ1) is 23.3. The third kappa shape index (κ3) is 7.04. The van der Waals surface area contributed by atoms with Gasteiger partial charge in [-0.05, 0) is 73.4 Å². The normalized spacial score (nSPS) is 18.2. The Hall–Kier alpha value is -4.06. The number of aliphatic hydroxyl groups excluding tert-OH is 1. The number of benzene rings is 3. The summed E-state index contributed by atoms with van der Waals surface area (Å²) in [6, 6.07) is 17.2. The molecule has 1 amide bonds. The molecule has 2 aliphatic rings. The van der Waals surface area contributed by atoms with E-state index in [1.165, 1.54) is 28.0 Å². The molecular weight excluding hydrogens is 670 g/mol. The molecule has 1 saturated heterocycles. The standard InChI is InChI=1S/C36H36ClN3O6S2/c1-4-6-9-16-45-28-15-12-22(19-29(28)44-5-2)31-30(32(41)23-13-14-27-25(18-23)17-21(3)46-27)33(42)34(43)40(31)35-38-39-36(48-35)47-20-24-10-7-8-11-26(24)37/h7-8,10-15,18-19,21,31,41H,4-6,9,16-17,20H2,1-3H3/b32-30+/t21-,31-/m0/s1. The van der Waals surface area contributed by atoms with Gasteiger partial charge in [0, 0.05) is 22.8 Å². The van der Waals surface area contributed by atoms with E-state index in [9.17, 15) is 14.7 Å². The van der Waals surface area contributed by atoms with Gasteiger partial charge in [-0.25, -0.2) is 0 Å². The highest BCUT2D eigenvalue weighted by atomic mass is 35.5. The zero-order valence-electron chi connectivity index (χ0n) is 26.9. The van der Waals surface area contributed by atoms with Crippen molar-refractivity contribution >= 4 is 57.3 Å². The number of carbonyl (C=O) groups is 2. The van der Waals surface area contributed by atoms with Gasteiger partial charge in [0.15, 0.2) is 15.8 Å². The molecule has 2 atom stereocenters. The largest absolute Gasteiger partial charge is 0.507 e. The Bertz CT molecular complexity index is 1860. The molecule has 0 aliphatic carbocycles. The van der Waals surface area contributed by atoms with Crippen molar-refractivity contribution in [1.82, 2.24) is 10.2 Å². The number of carbonyl (C=O) groups excluding carboxylic acids is 2. The molecule has 4 aromatic rings. The monoisotopic (exact) mass is 705 g/mol. The summed E-state index contributed by atoms with van der Waals surface area (Å²) in [6.45, 7) is 6.90. The predicted octanol–water partition coefficient (Wildman–Crippen LogP) is 8.40. The zero-order valence-corrected chi connectivity index (χ0v) is 29.3. The summed E-state index contributed by atoms with van der Waals surface area (Å²) >= 11 is 8.98. The van der Waals surface area contributed by atoms with Crippen molar-refractivity contribution in [2.45, 2.75) is 68.7 Å². The molecule has 0 saturated carbocycles. The minimum atomic E-state index is -1.00. The minimum absolute atomic E-state index is 0.00468. The predicted molar refractivity (Wildman–Crippen MR) is 189 cm³/mol. The fourth-order valence-corrected chi connectivity index (χ4v) is 7.95. The lowest BCUT2D eigenvalue weighted by Crippen LogP contribution is -2.29. The number of Topliss-reactive ketones (excluding diaryl/α,β-unsaturated/α-hetero) is 1. The number of hydrogen-bond acceptors (Lipinski definition) is 10. The Morgan fingerprint density at radius 1 is 1.06 bits per heavy atom. The van der Waals surface area contributed by atoms with Crippen molar-refractivity contribution in [1.29, 1.82) is 0 Å². The van der Waals surface area contributed by atoms with Crippen LogP contribution in [0.1, 0.15) is 68.3 Å². The molecular formula is C36H36ClN3O6S2. The van der Waals surface area contributed by atoms with Crippen LogP contribution >= 0.6 is 34.7 Å². The van der Waals surface area contributed by atoms with Gasteiger partial charge in [-0.1, -0.05) is 78.7 Å². The highest BCUT2D eigenvalue weighted by molar-refractivity contribution is 8.00. The quantitative estimate of drug-likeness (QED) is 0.0366. The van der Waals surface area contributed by atoms with Crippen molar-refractivity contribution in [3.8, 4) is 17.2 Å². The van der Waals surface area contributed by atoms with Crippen LogP contribution in [0.25, 0.3) is 5.76 Å². The van der Waals surface area contributed by atoms with Gasteiger partial charge in [0.1, 0.15) is 17.6 Å². The number of amides is 1. The van der Waals surface area contributed by atoms with Crippen LogP contribution in [0, 0.1) is 0 Å². The fourth-order valence-electron chi connectivity index (χ4n) is 5.80. The first kappa shape index (κ1) is 33.8. The summed E-state index contributed by atoms with van der Waals surface area (Å²) < 4.78 is 18.5. The van der Waals surface area contributed by atoms with Crippen LogP contribution in [0.15, 0.2) is 70.6 Å². The first-order valence-electron chi connectivity index (χ1n) is 16.0. The molecule has 6 rings (SSSR count). The second-order valence-corrected chi connectivity index (χ2v) is 14.1. The van der Waals surface area contributed by atoms with E-state index in [1.807, 2.05) is 44.2 Å². The molecule has 1 fully saturated rings. The van der Waals surface area contributed by atoms with Crippen LogP contribution in [0.2, 0.25) is 5.02 Å². The molecule has 0 unspecified atom stereocenters. The molecule has 1 aromatic heterocycles. The molecule has 0 radical (unpaired) electrons. The number of fused-ring (bicyclic) bond motifs is 1. The van der Waals surface area contributed by atoms with E-state index in [0.717, 1.165) is 36.1 Å². The third-order valence-electron chi connectivity index (χ3n) is 8.11. The maximum Gasteiger partial charge on any atom is 0.301 e. The molecule has 3 heterocycles. The second kappa shape index (κ2) is 15.0. The number of aromatic nitrogens is 2. The number of unbranched alkanes of at least 4 members (excludes halogenated alkanes) is 2. The number of aliphatic hydroxyl groups is 1. The number of halogens is 1. The maximum atomic E-state index is 13.9. The number of nitrogens with zero attached hydrogens (tertiary/aromatic N) is 3. The number of thioether (sulfide) groups is 1. The average Bonchev–Trinajstić information content (AvgIpc) is 3.77. The van der Waals surface area contributed by atoms with Crippen molar-refractivity contribution in [2.75, 3.05) is 18.1 Å². The van der Waals surface area contributed by atoms with Gasteiger partial charge < -0.3 is 19.3 Å². The van der Waals surface area contributed by atoms with Crippen molar-refractivity contribution in [2.24, 2.45) is 0 Å². The van der Waals surface area contributed by atoms with Crippen LogP contribution in [-0.2, 0) is 21.8 Å². The van der Waals surface area contributed by atoms with E-state index in [1.54, 1.807) is 30.3 Å². The summed E-state index contributed by atoms with van der Waals surface area (Å²) in [7, 11) is 0. The molecule has 12 heteroatoms. The van der Waals surface area contributed by atoms with E-state index >= 15 is 0 Å². The lowest BCUT2D eigenvalue weighted by Gasteiger charge is -2.23. The Balaban J connectivity index is 1.40. The average molecular weight is 706 g/mol. The Morgan fingerprint density at radius 2 is 1.90 bits per heavy atom. The van der Waals surface area contributed by atoms with Gasteiger partial charge >= 0.3 is 5.91 Å². The summed E-state index contributed by atoms with van der Waals surface area (Å²) in [5.74, 6) is 0.428. The van der Waals surface area contributed by atoms with Gasteiger partial charge in [-0.15, -0.1) is 10.2 Å². The number of ether oxygens (including phenoxy) is 3. The minimum Gasteiger partial charge on any atom is -0.507 e. The Kier molecular flexibility index (Phi) is 10.6. The van der Waals surface area contributed by atoms with E-state index in [4.69, 9.17) is 25.8 Å². The number of anilines is 1. The van der Waals surface area contributed by atoms with Gasteiger partial charge in [0.2, 0.25) is 5.13 Å². The molecule has 9 nitrogen and oxygen atoms in total. The highest BCUT2D eigenvalue weighted by Gasteiger charge is 2.48. The molecule has 250 valence electrons. The van der Waals surface area contributed by atoms with Crippen molar-refractivity contribution in [3.63, 3.8) is 0 Å². The lowest BCUT2D eigenvalue weighted by molar-refractivity contribution is -0.132. The summed E-state index contributed by atoms with van der Waals surface area (Å²) in [5, 5.41) is 21.3. The smallest absolute Gasteiger partial charge is 0.301 e. The zero-order chi connectivity index (χ0) is 33.8. The third-order valence-corrected chi connectivity index (χ3v) is 10.6. The summed E-state index contributed by atoms with van der Waals surface area (Å²) in [6.07, 6.45) is 3.70. The molecule has 0 bridgehead atoms. The van der Waals surface area contributed by atoms with Gasteiger partial charge in [-0.3, -0.25) is 14.5 Å². The first-order valence-corrected chi connectivity index (χ1v) is 18.2. The maximum absolute atomic E-state index is 13.9. The summed E-state index contributed by atoms with van der Waals surface area (Å²) in [4.78, 5) is 29.0. The lowest BCUT2D eigenvalue weighted by atomic mass is 9.94. The van der Waals surface area contributed by atoms with E-state index in [0.29, 0.717) is 57.4 Å². The Morgan fingerprint density at radius 3 is 2.69 bits per heavy atom. The number of hydrogen-bond donors (Lipinski definition) is 1. The van der Waals surface area contributed by atoms with E-state index in [2.05, 4.69) is 17.1 Å². The molecule has 48 heavy (non-hydrogen) atoms. The van der Waals surface area contributed by atoms with Crippen molar-refractivity contribution in [3.05, 3.63) is 93.5 Å². The van der Waals surface area contributed by atoms with Gasteiger partial charge in [-0.2, -0.15) is 0 Å². The molecule has 2 aliphatic heterocycles. The van der Waals surface area contributed by atoms with Crippen molar-refractivity contribution < 1.29 is 28.9 Å². The SMILES string of the molecule is CCCCCOc1ccc([C@H]2/C(=C(\O)c3ccc4c(c3)C[C@H](C)O4)C(=O)C(=O)N2c2nnc(SCc3ccccc3Cl)s2)cc1OCC. The fraction of sp³-hybridized carbons (Fsp3) is 0.333. The topological polar surface area (TPSA) is 111 Å². The van der Waals surface area contributed by atoms with E-state index in [-0.39, 0.29) is 22.6 Å². The van der Waals surface area contributed by atoms with E-state index < -0.39 is 17.7 Å². The highest BCUT2D eigenvalue weighted by Crippen LogP contribution is 2.46. The van der Waals surface area contributed by atoms with Gasteiger partial charge in [0.05, 0.1) is 24.8 Å². The molecule has 3 aromatic carbocycles. The van der Waals surface area contributed by atoms with Crippen LogP contribution in [-0.4, -0.2) is 46.3 Å². The molecule has 1 N–H and O–H groups in total. The van der Waals surface area contributed by atoms with Gasteiger partial charge in [0.25, 0.3) is 5.78 Å².